The van der Waals surface area contributed by atoms with Crippen LogP contribution in [0.3, 0.4) is 0 Å². The molecular weight excluding hydrogens is 194 g/mol. The Hall–Kier alpha value is -0.420. The zero-order valence-electron chi connectivity index (χ0n) is 9.74. The maximum Gasteiger partial charge on any atom is 0.0897 e. The van der Waals surface area contributed by atoms with E-state index >= 15 is 0 Å². The number of nitrogens with one attached hydrogen (secondary N) is 1. The zero-order chi connectivity index (χ0) is 11.5. The van der Waals surface area contributed by atoms with Gasteiger partial charge in [-0.2, -0.15) is 0 Å². The minimum absolute atomic E-state index is 0.229. The minimum Gasteiger partial charge on any atom is -0.389 e. The second-order valence-corrected chi connectivity index (χ2v) is 3.60. The highest BCUT2D eigenvalue weighted by Gasteiger charge is 2.02. The van der Waals surface area contributed by atoms with Gasteiger partial charge < -0.3 is 19.9 Å². The quantitative estimate of drug-likeness (QED) is 0.415. The lowest BCUT2D eigenvalue weighted by Crippen LogP contribution is -2.30. The largest absolute Gasteiger partial charge is 0.389 e. The Bertz CT molecular complexity index is 151. The van der Waals surface area contributed by atoms with E-state index in [9.17, 15) is 5.11 Å². The maximum absolute atomic E-state index is 9.42. The van der Waals surface area contributed by atoms with E-state index in [0.29, 0.717) is 32.9 Å². The van der Waals surface area contributed by atoms with Gasteiger partial charge in [0, 0.05) is 13.1 Å². The van der Waals surface area contributed by atoms with Crippen molar-refractivity contribution in [1.29, 1.82) is 0 Å². The molecule has 0 aromatic carbocycles. The topological polar surface area (TPSA) is 50.7 Å². The summed E-state index contributed by atoms with van der Waals surface area (Å²) in [5.41, 5.74) is 0. The lowest BCUT2D eigenvalue weighted by molar-refractivity contribution is -0.00976. The van der Waals surface area contributed by atoms with Crippen molar-refractivity contribution in [2.24, 2.45) is 0 Å². The highest BCUT2D eigenvalue weighted by atomic mass is 16.5. The van der Waals surface area contributed by atoms with Gasteiger partial charge in [-0.1, -0.05) is 6.08 Å². The van der Waals surface area contributed by atoms with Crippen molar-refractivity contribution in [2.45, 2.75) is 26.1 Å². The van der Waals surface area contributed by atoms with Crippen molar-refractivity contribution in [3.63, 3.8) is 0 Å². The lowest BCUT2D eigenvalue weighted by Gasteiger charge is -2.12. The van der Waals surface area contributed by atoms with Crippen molar-refractivity contribution >= 4 is 0 Å². The predicted molar refractivity (Wildman–Crippen MR) is 61.0 cm³/mol. The smallest absolute Gasteiger partial charge is 0.0897 e. The number of rotatable bonds is 10. The molecule has 0 radical (unpaired) electrons. The summed E-state index contributed by atoms with van der Waals surface area (Å²) in [7, 11) is 0. The third-order valence-electron chi connectivity index (χ3n) is 1.66. The summed E-state index contributed by atoms with van der Waals surface area (Å²) in [5.74, 6) is 0. The molecule has 0 heterocycles. The molecule has 4 heteroatoms. The molecule has 0 spiro atoms. The molecule has 15 heavy (non-hydrogen) atoms. The Labute approximate surface area is 92.3 Å². The molecule has 1 atom stereocenters. The molecule has 90 valence electrons. The van der Waals surface area contributed by atoms with Gasteiger partial charge in [-0.15, -0.1) is 6.58 Å². The van der Waals surface area contributed by atoms with Gasteiger partial charge in [0.2, 0.25) is 0 Å². The average Bonchev–Trinajstić information content (AvgIpc) is 2.17. The van der Waals surface area contributed by atoms with Gasteiger partial charge in [-0.3, -0.25) is 0 Å². The Morgan fingerprint density at radius 1 is 1.40 bits per heavy atom. The van der Waals surface area contributed by atoms with Crippen molar-refractivity contribution in [1.82, 2.24) is 5.32 Å². The second-order valence-electron chi connectivity index (χ2n) is 3.60. The van der Waals surface area contributed by atoms with Gasteiger partial charge in [0.15, 0.2) is 0 Å². The Kier molecular flexibility index (Phi) is 9.83. The van der Waals surface area contributed by atoms with Gasteiger partial charge in [0.05, 0.1) is 32.0 Å². The van der Waals surface area contributed by atoms with Crippen LogP contribution in [0.2, 0.25) is 0 Å². The normalized spacial score (nSPS) is 13.1. The van der Waals surface area contributed by atoms with Crippen LogP contribution in [0.1, 0.15) is 13.8 Å². The molecule has 0 saturated carbocycles. The van der Waals surface area contributed by atoms with Crippen LogP contribution in [0.25, 0.3) is 0 Å². The first-order chi connectivity index (χ1) is 7.16. The molecule has 4 nitrogen and oxygen atoms in total. The van der Waals surface area contributed by atoms with Crippen molar-refractivity contribution in [3.05, 3.63) is 12.7 Å². The van der Waals surface area contributed by atoms with E-state index in [2.05, 4.69) is 11.9 Å². The van der Waals surface area contributed by atoms with Crippen LogP contribution >= 0.6 is 0 Å². The van der Waals surface area contributed by atoms with Crippen molar-refractivity contribution in [2.75, 3.05) is 32.9 Å². The van der Waals surface area contributed by atoms with E-state index in [-0.39, 0.29) is 6.10 Å². The average molecular weight is 217 g/mol. The molecule has 0 fully saturated rings. The monoisotopic (exact) mass is 217 g/mol. The van der Waals surface area contributed by atoms with E-state index in [4.69, 9.17) is 9.47 Å². The van der Waals surface area contributed by atoms with Crippen LogP contribution in [0, 0.1) is 0 Å². The first-order valence-electron chi connectivity index (χ1n) is 5.35. The van der Waals surface area contributed by atoms with Crippen molar-refractivity contribution < 1.29 is 14.6 Å². The van der Waals surface area contributed by atoms with Crippen LogP contribution < -0.4 is 5.32 Å². The fourth-order valence-electron chi connectivity index (χ4n) is 0.973. The van der Waals surface area contributed by atoms with Crippen LogP contribution in [-0.2, 0) is 9.47 Å². The molecule has 0 bridgehead atoms. The fraction of sp³-hybridized carbons (Fsp3) is 0.818. The van der Waals surface area contributed by atoms with Crippen LogP contribution in [0.15, 0.2) is 12.7 Å². The first kappa shape index (κ1) is 14.6. The van der Waals surface area contributed by atoms with Crippen LogP contribution in [0.5, 0.6) is 0 Å². The SMILES string of the molecule is C=CCNCC(O)COCCOC(C)C. The highest BCUT2D eigenvalue weighted by Crippen LogP contribution is 1.89. The molecule has 1 unspecified atom stereocenters. The lowest BCUT2D eigenvalue weighted by atomic mass is 10.4. The molecule has 0 aliphatic rings. The highest BCUT2D eigenvalue weighted by molar-refractivity contribution is 4.71. The van der Waals surface area contributed by atoms with Crippen LogP contribution in [0.4, 0.5) is 0 Å². The molecule has 0 aliphatic heterocycles. The molecule has 2 N–H and O–H groups in total. The van der Waals surface area contributed by atoms with E-state index in [1.54, 1.807) is 6.08 Å². The summed E-state index contributed by atoms with van der Waals surface area (Å²) < 4.78 is 10.5. The molecule has 0 saturated heterocycles. The Morgan fingerprint density at radius 2 is 2.13 bits per heavy atom. The third-order valence-corrected chi connectivity index (χ3v) is 1.66. The van der Waals surface area contributed by atoms with Gasteiger partial charge in [0.25, 0.3) is 0 Å². The Morgan fingerprint density at radius 3 is 2.73 bits per heavy atom. The molecule has 0 aromatic rings. The summed E-state index contributed by atoms with van der Waals surface area (Å²) in [4.78, 5) is 0. The molecule has 0 aliphatic carbocycles. The van der Waals surface area contributed by atoms with Crippen LogP contribution in [-0.4, -0.2) is 50.2 Å². The number of ether oxygens (including phenoxy) is 2. The summed E-state index contributed by atoms with van der Waals surface area (Å²) in [6.07, 6.45) is 1.51. The number of hydrogen-bond acceptors (Lipinski definition) is 4. The number of hydrogen-bond donors (Lipinski definition) is 2. The van der Waals surface area contributed by atoms with Gasteiger partial charge in [-0.25, -0.2) is 0 Å². The van der Waals surface area contributed by atoms with Gasteiger partial charge >= 0.3 is 0 Å². The van der Waals surface area contributed by atoms with Crippen molar-refractivity contribution in [3.8, 4) is 0 Å². The maximum atomic E-state index is 9.42. The van der Waals surface area contributed by atoms with E-state index in [1.165, 1.54) is 0 Å². The standard InChI is InChI=1S/C11H23NO3/c1-4-5-12-8-11(13)9-14-6-7-15-10(2)3/h4,10-13H,1,5-9H2,2-3H3. The van der Waals surface area contributed by atoms with E-state index < -0.39 is 6.10 Å². The number of aliphatic hydroxyl groups is 1. The van der Waals surface area contributed by atoms with E-state index in [1.807, 2.05) is 13.8 Å². The van der Waals surface area contributed by atoms with E-state index in [0.717, 1.165) is 0 Å². The predicted octanol–water partition coefficient (Wildman–Crippen LogP) is 0.564. The third kappa shape index (κ3) is 11.5. The Balaban J connectivity index is 3.16. The zero-order valence-corrected chi connectivity index (χ0v) is 9.74. The molecular formula is C11H23NO3. The summed E-state index contributed by atoms with van der Waals surface area (Å²) in [6.45, 7) is 10.2. The molecule has 0 aromatic heterocycles. The number of aliphatic hydroxyl groups excluding tert-OH is 1. The van der Waals surface area contributed by atoms with Gasteiger partial charge in [0.1, 0.15) is 0 Å². The second kappa shape index (κ2) is 10.1. The summed E-state index contributed by atoms with van der Waals surface area (Å²) >= 11 is 0. The fourth-order valence-corrected chi connectivity index (χ4v) is 0.973. The minimum atomic E-state index is -0.469. The molecule has 0 rings (SSSR count). The molecule has 0 amide bonds. The first-order valence-corrected chi connectivity index (χ1v) is 5.35. The summed E-state index contributed by atoms with van der Waals surface area (Å²) in [5, 5.41) is 12.4. The van der Waals surface area contributed by atoms with Gasteiger partial charge in [-0.05, 0) is 13.8 Å². The summed E-state index contributed by atoms with van der Waals surface area (Å²) in [6, 6.07) is 0.